The summed E-state index contributed by atoms with van der Waals surface area (Å²) in [6.07, 6.45) is 11.9. The highest BCUT2D eigenvalue weighted by Crippen LogP contribution is 2.60. The van der Waals surface area contributed by atoms with Crippen molar-refractivity contribution >= 4 is 29.8 Å². The molecule has 4 saturated carbocycles. The number of benzene rings is 1. The molecule has 1 atom stereocenters. The highest BCUT2D eigenvalue weighted by molar-refractivity contribution is 5.91. The number of amides is 2. The molecule has 218 valence electrons. The Morgan fingerprint density at radius 2 is 1.80 bits per heavy atom. The predicted molar refractivity (Wildman–Crippen MR) is 155 cm³/mol. The molecule has 10 heteroatoms. The van der Waals surface area contributed by atoms with Crippen molar-refractivity contribution in [3.63, 3.8) is 0 Å². The Bertz CT molecular complexity index is 1280. The third-order valence-electron chi connectivity index (χ3n) is 9.68. The van der Waals surface area contributed by atoms with E-state index in [2.05, 4.69) is 20.7 Å². The minimum atomic E-state index is -0.673. The van der Waals surface area contributed by atoms with Crippen LogP contribution in [0.2, 0.25) is 0 Å². The number of hydrogen-bond acceptors (Lipinski definition) is 7. The van der Waals surface area contributed by atoms with E-state index in [4.69, 9.17) is 4.74 Å². The van der Waals surface area contributed by atoms with Gasteiger partial charge in [0.25, 0.3) is 11.6 Å². The van der Waals surface area contributed by atoms with Crippen molar-refractivity contribution in [2.45, 2.75) is 64.3 Å². The summed E-state index contributed by atoms with van der Waals surface area (Å²) in [4.78, 5) is 39.4. The number of hydrazone groups is 1. The zero-order valence-corrected chi connectivity index (χ0v) is 23.6. The number of allylic oxidation sites excluding steroid dienone is 2. The van der Waals surface area contributed by atoms with Gasteiger partial charge in [-0.15, -0.1) is 0 Å². The van der Waals surface area contributed by atoms with Crippen molar-refractivity contribution in [3.05, 3.63) is 56.8 Å². The summed E-state index contributed by atoms with van der Waals surface area (Å²) in [5.74, 6) is 1.69. The van der Waals surface area contributed by atoms with Gasteiger partial charge in [-0.05, 0) is 98.8 Å². The predicted octanol–water partition coefficient (Wildman–Crippen LogP) is 4.18. The number of rotatable bonds is 8. The maximum Gasteiger partial charge on any atom is 0.270 e. The standard InChI is InChI=1S/C31H39N5O5/c1-20(33-30(38)31-16-22-11-23(17-31)13-24(12-22)18-31)29(37)34-32-19-26-6-5-25(28(26)35-7-9-41-10-8-35)14-21-3-2-4-27(15-21)36(39)40/h2-4,14-15,19-20,22-24H,5-13,16-18H2,1H3,(H,33,38)(H,34,37)/b25-14+,32-19-/t20-,22?,23?,24?,31?/m0/s1. The van der Waals surface area contributed by atoms with Crippen LogP contribution in [0.3, 0.4) is 0 Å². The fraction of sp³-hybridized carbons (Fsp3) is 0.581. The van der Waals surface area contributed by atoms with Gasteiger partial charge in [0.15, 0.2) is 0 Å². The quantitative estimate of drug-likeness (QED) is 0.279. The molecule has 10 nitrogen and oxygen atoms in total. The summed E-state index contributed by atoms with van der Waals surface area (Å²) in [5, 5.41) is 18.6. The van der Waals surface area contributed by atoms with Gasteiger partial charge in [-0.2, -0.15) is 5.10 Å². The number of morpholine rings is 1. The van der Waals surface area contributed by atoms with Crippen LogP contribution in [-0.4, -0.2) is 60.2 Å². The molecule has 0 unspecified atom stereocenters. The molecule has 1 saturated heterocycles. The third kappa shape index (κ3) is 5.80. The number of hydrogen-bond donors (Lipinski definition) is 2. The SMILES string of the molecule is C[C@H](NC(=O)C12CC3CC(CC(C3)C1)C2)C(=O)N/N=C\C1=C(N2CCOCC2)C(=C/c2cccc([N+](=O)[O-])c2)/CC1. The van der Waals surface area contributed by atoms with E-state index in [9.17, 15) is 19.7 Å². The summed E-state index contributed by atoms with van der Waals surface area (Å²) >= 11 is 0. The molecule has 5 aliphatic carbocycles. The average Bonchev–Trinajstić information content (AvgIpc) is 3.34. The lowest BCUT2D eigenvalue weighted by Gasteiger charge is -2.55. The first-order valence-electron chi connectivity index (χ1n) is 14.9. The van der Waals surface area contributed by atoms with E-state index >= 15 is 0 Å². The Morgan fingerprint density at radius 3 is 2.46 bits per heavy atom. The lowest BCUT2D eigenvalue weighted by Crippen LogP contribution is -2.56. The molecule has 0 radical (unpaired) electrons. The Balaban J connectivity index is 1.13. The van der Waals surface area contributed by atoms with Gasteiger partial charge in [0.05, 0.1) is 24.4 Å². The average molecular weight is 562 g/mol. The van der Waals surface area contributed by atoms with E-state index in [1.165, 1.54) is 25.3 Å². The molecule has 1 aliphatic heterocycles. The Labute approximate surface area is 240 Å². The number of carbonyl (C=O) groups excluding carboxylic acids is 2. The lowest BCUT2D eigenvalue weighted by atomic mass is 9.49. The molecule has 7 rings (SSSR count). The van der Waals surface area contributed by atoms with Crippen molar-refractivity contribution in [2.24, 2.45) is 28.3 Å². The minimum Gasteiger partial charge on any atom is -0.378 e. The number of nitrogens with zero attached hydrogens (tertiary/aromatic N) is 3. The van der Waals surface area contributed by atoms with E-state index in [1.807, 2.05) is 12.1 Å². The smallest absolute Gasteiger partial charge is 0.270 e. The van der Waals surface area contributed by atoms with Gasteiger partial charge >= 0.3 is 0 Å². The first-order chi connectivity index (χ1) is 19.8. The second kappa shape index (κ2) is 11.4. The summed E-state index contributed by atoms with van der Waals surface area (Å²) < 4.78 is 5.55. The number of carbonyl (C=O) groups is 2. The monoisotopic (exact) mass is 561 g/mol. The molecule has 1 aromatic rings. The van der Waals surface area contributed by atoms with Gasteiger partial charge in [0, 0.05) is 36.3 Å². The number of nitro groups is 1. The lowest BCUT2D eigenvalue weighted by molar-refractivity contribution is -0.384. The fourth-order valence-corrected chi connectivity index (χ4v) is 8.18. The van der Waals surface area contributed by atoms with E-state index < -0.39 is 6.04 Å². The van der Waals surface area contributed by atoms with Crippen LogP contribution in [0, 0.1) is 33.3 Å². The van der Waals surface area contributed by atoms with Gasteiger partial charge in [-0.25, -0.2) is 5.43 Å². The van der Waals surface area contributed by atoms with Crippen LogP contribution >= 0.6 is 0 Å². The molecule has 4 bridgehead atoms. The minimum absolute atomic E-state index is 0.0345. The van der Waals surface area contributed by atoms with Crippen LogP contribution in [0.1, 0.15) is 63.9 Å². The Kier molecular flexibility index (Phi) is 7.68. The molecular weight excluding hydrogens is 522 g/mol. The number of nitrogens with one attached hydrogen (secondary N) is 2. The topological polar surface area (TPSA) is 126 Å². The van der Waals surface area contributed by atoms with Gasteiger partial charge in [-0.1, -0.05) is 12.1 Å². The number of ether oxygens (including phenoxy) is 1. The van der Waals surface area contributed by atoms with Crippen molar-refractivity contribution < 1.29 is 19.2 Å². The van der Waals surface area contributed by atoms with Gasteiger partial charge in [0.2, 0.25) is 5.91 Å². The summed E-state index contributed by atoms with van der Waals surface area (Å²) in [7, 11) is 0. The second-order valence-electron chi connectivity index (χ2n) is 12.6. The third-order valence-corrected chi connectivity index (χ3v) is 9.68. The van der Waals surface area contributed by atoms with Crippen LogP contribution in [0.15, 0.2) is 46.2 Å². The van der Waals surface area contributed by atoms with Crippen molar-refractivity contribution in [2.75, 3.05) is 26.3 Å². The van der Waals surface area contributed by atoms with E-state index in [0.29, 0.717) is 31.0 Å². The largest absolute Gasteiger partial charge is 0.378 e. The summed E-state index contributed by atoms with van der Waals surface area (Å²) in [6.45, 7) is 4.43. The number of non-ortho nitro benzene ring substituents is 1. The normalized spacial score (nSPS) is 30.7. The second-order valence-corrected chi connectivity index (χ2v) is 12.6. The van der Waals surface area contributed by atoms with E-state index in [1.54, 1.807) is 25.3 Å². The highest BCUT2D eigenvalue weighted by Gasteiger charge is 2.54. The molecule has 1 aromatic carbocycles. The molecule has 6 aliphatic rings. The van der Waals surface area contributed by atoms with Gasteiger partial charge in [-0.3, -0.25) is 19.7 Å². The molecule has 5 fully saturated rings. The van der Waals surface area contributed by atoms with Crippen molar-refractivity contribution in [3.8, 4) is 0 Å². The Hall–Kier alpha value is -3.53. The van der Waals surface area contributed by atoms with Gasteiger partial charge < -0.3 is 15.0 Å². The molecule has 0 aromatic heterocycles. The number of nitro benzene ring substituents is 1. The molecule has 2 N–H and O–H groups in total. The highest BCUT2D eigenvalue weighted by atomic mass is 16.6. The van der Waals surface area contributed by atoms with Crippen LogP contribution < -0.4 is 10.7 Å². The molecule has 41 heavy (non-hydrogen) atoms. The van der Waals surface area contributed by atoms with Crippen LogP contribution in [0.5, 0.6) is 0 Å². The maximum absolute atomic E-state index is 13.4. The maximum atomic E-state index is 13.4. The van der Waals surface area contributed by atoms with Crippen molar-refractivity contribution in [1.82, 2.24) is 15.6 Å². The zero-order chi connectivity index (χ0) is 28.6. The van der Waals surface area contributed by atoms with E-state index in [-0.39, 0.29) is 27.8 Å². The van der Waals surface area contributed by atoms with Crippen LogP contribution in [0.25, 0.3) is 6.08 Å². The van der Waals surface area contributed by atoms with Crippen LogP contribution in [0.4, 0.5) is 5.69 Å². The van der Waals surface area contributed by atoms with Crippen molar-refractivity contribution in [1.29, 1.82) is 0 Å². The Morgan fingerprint density at radius 1 is 1.12 bits per heavy atom. The zero-order valence-electron chi connectivity index (χ0n) is 23.6. The first-order valence-corrected chi connectivity index (χ1v) is 14.9. The van der Waals surface area contributed by atoms with Crippen LogP contribution in [-0.2, 0) is 14.3 Å². The fourth-order valence-electron chi connectivity index (χ4n) is 8.18. The summed E-state index contributed by atoms with van der Waals surface area (Å²) in [5.41, 5.74) is 6.29. The molecule has 2 amide bonds. The summed E-state index contributed by atoms with van der Waals surface area (Å²) in [6, 6.07) is 5.95. The molecular formula is C31H39N5O5. The van der Waals surface area contributed by atoms with E-state index in [0.717, 1.165) is 67.6 Å². The molecule has 1 heterocycles. The molecule has 0 spiro atoms. The first kappa shape index (κ1) is 27.6. The van der Waals surface area contributed by atoms with Gasteiger partial charge in [0.1, 0.15) is 6.04 Å².